The van der Waals surface area contributed by atoms with Crippen LogP contribution in [0.3, 0.4) is 0 Å². The van der Waals surface area contributed by atoms with Crippen molar-refractivity contribution in [3.8, 4) is 6.07 Å². The molecular formula is C9H10BrN3. The van der Waals surface area contributed by atoms with Crippen LogP contribution in [-0.2, 0) is 0 Å². The molecule has 1 heterocycles. The van der Waals surface area contributed by atoms with Crippen molar-refractivity contribution in [2.45, 2.75) is 6.42 Å². The van der Waals surface area contributed by atoms with Crippen LogP contribution in [0.1, 0.15) is 6.42 Å². The Morgan fingerprint density at radius 1 is 1.69 bits per heavy atom. The van der Waals surface area contributed by atoms with E-state index in [1.54, 1.807) is 6.20 Å². The molecule has 1 aromatic rings. The molecule has 0 aliphatic rings. The molecular weight excluding hydrogens is 230 g/mol. The number of aromatic nitrogens is 1. The van der Waals surface area contributed by atoms with Gasteiger partial charge in [-0.15, -0.1) is 0 Å². The maximum absolute atomic E-state index is 8.42. The van der Waals surface area contributed by atoms with Gasteiger partial charge in [0.05, 0.1) is 17.0 Å². The van der Waals surface area contributed by atoms with Crippen molar-refractivity contribution >= 4 is 21.7 Å². The first-order valence-electron chi connectivity index (χ1n) is 3.94. The van der Waals surface area contributed by atoms with Crippen molar-refractivity contribution in [1.82, 2.24) is 4.98 Å². The van der Waals surface area contributed by atoms with Crippen LogP contribution in [0.15, 0.2) is 22.8 Å². The summed E-state index contributed by atoms with van der Waals surface area (Å²) in [6, 6.07) is 5.91. The Bertz CT molecular complexity index is 319. The number of pyridine rings is 1. The summed E-state index contributed by atoms with van der Waals surface area (Å²) >= 11 is 3.40. The largest absolute Gasteiger partial charge is 0.358 e. The maximum atomic E-state index is 8.42. The Labute approximate surface area is 86.1 Å². The summed E-state index contributed by atoms with van der Waals surface area (Å²) in [7, 11) is 1.92. The highest BCUT2D eigenvalue weighted by Gasteiger charge is 2.04. The summed E-state index contributed by atoms with van der Waals surface area (Å²) in [4.78, 5) is 6.15. The summed E-state index contributed by atoms with van der Waals surface area (Å²) in [6.45, 7) is 0.701. The van der Waals surface area contributed by atoms with Crippen molar-refractivity contribution in [2.75, 3.05) is 18.5 Å². The van der Waals surface area contributed by atoms with E-state index in [0.29, 0.717) is 13.0 Å². The Hall–Kier alpha value is -1.08. The van der Waals surface area contributed by atoms with Crippen molar-refractivity contribution in [3.63, 3.8) is 0 Å². The predicted octanol–water partition coefficient (Wildman–Crippen LogP) is 2.19. The third-order valence-electron chi connectivity index (χ3n) is 1.66. The molecule has 0 aliphatic carbocycles. The van der Waals surface area contributed by atoms with Crippen LogP contribution < -0.4 is 4.90 Å². The van der Waals surface area contributed by atoms with E-state index in [1.807, 2.05) is 24.1 Å². The molecule has 0 saturated heterocycles. The molecule has 0 aliphatic heterocycles. The lowest BCUT2D eigenvalue weighted by Gasteiger charge is -2.17. The Balaban J connectivity index is 2.72. The number of hydrogen-bond acceptors (Lipinski definition) is 3. The van der Waals surface area contributed by atoms with E-state index in [-0.39, 0.29) is 0 Å². The van der Waals surface area contributed by atoms with E-state index >= 15 is 0 Å². The lowest BCUT2D eigenvalue weighted by atomic mass is 10.4. The molecule has 0 unspecified atom stereocenters. The second-order valence-corrected chi connectivity index (χ2v) is 3.49. The van der Waals surface area contributed by atoms with Gasteiger partial charge in [-0.2, -0.15) is 5.26 Å². The van der Waals surface area contributed by atoms with Gasteiger partial charge in [-0.3, -0.25) is 0 Å². The normalized spacial score (nSPS) is 9.31. The SMILES string of the molecule is CN(CCC#N)c1ncccc1Br. The molecule has 68 valence electrons. The molecule has 0 atom stereocenters. The van der Waals surface area contributed by atoms with Gasteiger partial charge in [0.1, 0.15) is 5.82 Å². The summed E-state index contributed by atoms with van der Waals surface area (Å²) in [6.07, 6.45) is 2.25. The third kappa shape index (κ3) is 2.71. The topological polar surface area (TPSA) is 39.9 Å². The Kier molecular flexibility index (Phi) is 3.71. The first-order valence-corrected chi connectivity index (χ1v) is 4.73. The van der Waals surface area contributed by atoms with Gasteiger partial charge in [0.15, 0.2) is 0 Å². The number of hydrogen-bond donors (Lipinski definition) is 0. The molecule has 0 saturated carbocycles. The molecule has 0 bridgehead atoms. The van der Waals surface area contributed by atoms with Crippen LogP contribution >= 0.6 is 15.9 Å². The Morgan fingerprint density at radius 2 is 2.46 bits per heavy atom. The molecule has 0 aromatic carbocycles. The highest BCUT2D eigenvalue weighted by Crippen LogP contribution is 2.21. The second kappa shape index (κ2) is 4.83. The van der Waals surface area contributed by atoms with Gasteiger partial charge in [-0.1, -0.05) is 0 Å². The van der Waals surface area contributed by atoms with Crippen molar-refractivity contribution in [2.24, 2.45) is 0 Å². The molecule has 0 radical (unpaired) electrons. The van der Waals surface area contributed by atoms with Gasteiger partial charge in [0, 0.05) is 19.8 Å². The summed E-state index contributed by atoms with van der Waals surface area (Å²) in [5.74, 6) is 0.873. The van der Waals surface area contributed by atoms with Crippen LogP contribution in [0.5, 0.6) is 0 Å². The zero-order valence-corrected chi connectivity index (χ0v) is 8.95. The van der Waals surface area contributed by atoms with E-state index in [1.165, 1.54) is 0 Å². The van der Waals surface area contributed by atoms with E-state index in [4.69, 9.17) is 5.26 Å². The lowest BCUT2D eigenvalue weighted by molar-refractivity contribution is 0.881. The molecule has 3 nitrogen and oxygen atoms in total. The van der Waals surface area contributed by atoms with E-state index < -0.39 is 0 Å². The minimum atomic E-state index is 0.513. The third-order valence-corrected chi connectivity index (χ3v) is 2.28. The number of nitriles is 1. The zero-order chi connectivity index (χ0) is 9.68. The predicted molar refractivity (Wildman–Crippen MR) is 55.4 cm³/mol. The molecule has 4 heteroatoms. The molecule has 0 N–H and O–H groups in total. The number of anilines is 1. The van der Waals surface area contributed by atoms with Gasteiger partial charge >= 0.3 is 0 Å². The summed E-state index contributed by atoms with van der Waals surface area (Å²) in [5.41, 5.74) is 0. The average molecular weight is 240 g/mol. The summed E-state index contributed by atoms with van der Waals surface area (Å²) < 4.78 is 0.954. The summed E-state index contributed by atoms with van der Waals surface area (Å²) in [5, 5.41) is 8.42. The number of halogens is 1. The minimum Gasteiger partial charge on any atom is -0.358 e. The van der Waals surface area contributed by atoms with Crippen LogP contribution in [0.4, 0.5) is 5.82 Å². The number of nitrogens with zero attached hydrogens (tertiary/aromatic N) is 3. The first kappa shape index (κ1) is 10.0. The fourth-order valence-corrected chi connectivity index (χ4v) is 1.54. The fourth-order valence-electron chi connectivity index (χ4n) is 0.982. The van der Waals surface area contributed by atoms with Gasteiger partial charge in [-0.05, 0) is 28.1 Å². The van der Waals surface area contributed by atoms with Crippen molar-refractivity contribution in [1.29, 1.82) is 5.26 Å². The van der Waals surface area contributed by atoms with Crippen LogP contribution in [0.25, 0.3) is 0 Å². The molecule has 0 amide bonds. The van der Waals surface area contributed by atoms with Gasteiger partial charge in [0.25, 0.3) is 0 Å². The van der Waals surface area contributed by atoms with Gasteiger partial charge in [0.2, 0.25) is 0 Å². The van der Waals surface area contributed by atoms with Gasteiger partial charge < -0.3 is 4.90 Å². The molecule has 0 spiro atoms. The van der Waals surface area contributed by atoms with E-state index in [2.05, 4.69) is 27.0 Å². The van der Waals surface area contributed by atoms with Gasteiger partial charge in [-0.25, -0.2) is 4.98 Å². The quantitative estimate of drug-likeness (QED) is 0.812. The smallest absolute Gasteiger partial charge is 0.142 e. The lowest BCUT2D eigenvalue weighted by Crippen LogP contribution is -2.19. The van der Waals surface area contributed by atoms with Crippen molar-refractivity contribution < 1.29 is 0 Å². The molecule has 0 fully saturated rings. The average Bonchev–Trinajstić information content (AvgIpc) is 2.15. The standard InChI is InChI=1S/C9H10BrN3/c1-13(7-3-5-11)9-8(10)4-2-6-12-9/h2,4,6H,3,7H2,1H3. The van der Waals surface area contributed by atoms with E-state index in [9.17, 15) is 0 Å². The van der Waals surface area contributed by atoms with Crippen LogP contribution in [0.2, 0.25) is 0 Å². The van der Waals surface area contributed by atoms with E-state index in [0.717, 1.165) is 10.3 Å². The fraction of sp³-hybridized carbons (Fsp3) is 0.333. The van der Waals surface area contributed by atoms with Crippen LogP contribution in [0, 0.1) is 11.3 Å². The zero-order valence-electron chi connectivity index (χ0n) is 7.37. The monoisotopic (exact) mass is 239 g/mol. The van der Waals surface area contributed by atoms with Crippen LogP contribution in [-0.4, -0.2) is 18.6 Å². The Morgan fingerprint density at radius 3 is 3.08 bits per heavy atom. The highest BCUT2D eigenvalue weighted by molar-refractivity contribution is 9.10. The van der Waals surface area contributed by atoms with Crippen molar-refractivity contribution in [3.05, 3.63) is 22.8 Å². The first-order chi connectivity index (χ1) is 6.25. The number of rotatable bonds is 3. The second-order valence-electron chi connectivity index (χ2n) is 2.64. The molecule has 1 aromatic heterocycles. The molecule has 13 heavy (non-hydrogen) atoms. The highest BCUT2D eigenvalue weighted by atomic mass is 79.9. The maximum Gasteiger partial charge on any atom is 0.142 e. The minimum absolute atomic E-state index is 0.513. The molecule has 1 rings (SSSR count).